The smallest absolute Gasteiger partial charge is 0.224 e. The number of hydrogen-bond donors (Lipinski definition) is 2. The van der Waals surface area contributed by atoms with E-state index in [4.69, 9.17) is 0 Å². The van der Waals surface area contributed by atoms with E-state index in [-0.39, 0.29) is 17.9 Å². The second kappa shape index (κ2) is 7.31. The average molecular weight is 283 g/mol. The minimum absolute atomic E-state index is 0.174. The maximum Gasteiger partial charge on any atom is 0.224 e. The van der Waals surface area contributed by atoms with Gasteiger partial charge in [-0.2, -0.15) is 0 Å². The fourth-order valence-electron chi connectivity index (χ4n) is 2.21. The highest BCUT2D eigenvalue weighted by molar-refractivity contribution is 5.78. The van der Waals surface area contributed by atoms with E-state index in [2.05, 4.69) is 15.5 Å². The number of nitrogens with one attached hydrogen (secondary N) is 2. The number of carbonyl (C=O) groups excluding carboxylic acids is 1. The summed E-state index contributed by atoms with van der Waals surface area (Å²) in [5, 5.41) is 5.95. The molecule has 1 aliphatic heterocycles. The van der Waals surface area contributed by atoms with Crippen molar-refractivity contribution in [2.45, 2.75) is 6.42 Å². The molecule has 1 heterocycles. The van der Waals surface area contributed by atoms with E-state index in [0.29, 0.717) is 6.54 Å². The first-order chi connectivity index (χ1) is 9.66. The molecule has 1 aliphatic rings. The Labute approximate surface area is 117 Å². The van der Waals surface area contributed by atoms with Crippen LogP contribution < -0.4 is 10.6 Å². The van der Waals surface area contributed by atoms with Crippen LogP contribution in [-0.2, 0) is 11.2 Å². The SMILES string of the molecule is O=C(Cc1c(F)cccc1F)NCCN1CCNCC1. The molecule has 1 saturated heterocycles. The maximum atomic E-state index is 13.4. The lowest BCUT2D eigenvalue weighted by molar-refractivity contribution is -0.120. The summed E-state index contributed by atoms with van der Waals surface area (Å²) >= 11 is 0. The van der Waals surface area contributed by atoms with Crippen LogP contribution in [0.1, 0.15) is 5.56 Å². The van der Waals surface area contributed by atoms with Crippen LogP contribution in [0.3, 0.4) is 0 Å². The summed E-state index contributed by atoms with van der Waals surface area (Å²) in [6, 6.07) is 3.61. The summed E-state index contributed by atoms with van der Waals surface area (Å²) in [7, 11) is 0. The molecular formula is C14H19F2N3O. The number of hydrogen-bond acceptors (Lipinski definition) is 3. The molecule has 20 heavy (non-hydrogen) atoms. The van der Waals surface area contributed by atoms with Gasteiger partial charge in [-0.25, -0.2) is 8.78 Å². The highest BCUT2D eigenvalue weighted by Gasteiger charge is 2.13. The van der Waals surface area contributed by atoms with E-state index in [1.807, 2.05) is 0 Å². The van der Waals surface area contributed by atoms with E-state index in [9.17, 15) is 13.6 Å². The van der Waals surface area contributed by atoms with Crippen molar-refractivity contribution in [2.75, 3.05) is 39.3 Å². The Hall–Kier alpha value is -1.53. The van der Waals surface area contributed by atoms with Crippen LogP contribution in [0.5, 0.6) is 0 Å². The van der Waals surface area contributed by atoms with E-state index < -0.39 is 11.6 Å². The fraction of sp³-hybridized carbons (Fsp3) is 0.500. The van der Waals surface area contributed by atoms with Gasteiger partial charge in [-0.3, -0.25) is 9.69 Å². The lowest BCUT2D eigenvalue weighted by atomic mass is 10.1. The largest absolute Gasteiger partial charge is 0.355 e. The van der Waals surface area contributed by atoms with Gasteiger partial charge in [0.1, 0.15) is 11.6 Å². The molecule has 0 unspecified atom stereocenters. The van der Waals surface area contributed by atoms with Crippen LogP contribution in [0.2, 0.25) is 0 Å². The summed E-state index contributed by atoms with van der Waals surface area (Å²) < 4.78 is 26.8. The van der Waals surface area contributed by atoms with Crippen molar-refractivity contribution >= 4 is 5.91 Å². The van der Waals surface area contributed by atoms with Crippen molar-refractivity contribution in [3.8, 4) is 0 Å². The molecule has 0 bridgehead atoms. The third-order valence-corrected chi connectivity index (χ3v) is 3.36. The second-order valence-electron chi connectivity index (χ2n) is 4.82. The van der Waals surface area contributed by atoms with Crippen LogP contribution in [0.4, 0.5) is 8.78 Å². The zero-order valence-electron chi connectivity index (χ0n) is 11.3. The molecule has 1 aromatic carbocycles. The molecule has 0 aliphatic carbocycles. The van der Waals surface area contributed by atoms with Gasteiger partial charge in [-0.15, -0.1) is 0 Å². The summed E-state index contributed by atoms with van der Waals surface area (Å²) in [5.74, 6) is -1.71. The summed E-state index contributed by atoms with van der Waals surface area (Å²) in [4.78, 5) is 13.9. The Kier molecular flexibility index (Phi) is 5.43. The number of halogens is 2. The van der Waals surface area contributed by atoms with Gasteiger partial charge in [0, 0.05) is 44.8 Å². The number of rotatable bonds is 5. The molecule has 6 heteroatoms. The number of amides is 1. The average Bonchev–Trinajstić information content (AvgIpc) is 2.44. The fourth-order valence-corrected chi connectivity index (χ4v) is 2.21. The lowest BCUT2D eigenvalue weighted by Gasteiger charge is -2.27. The molecule has 0 aromatic heterocycles. The van der Waals surface area contributed by atoms with Gasteiger partial charge in [0.05, 0.1) is 6.42 Å². The predicted octanol–water partition coefficient (Wildman–Crippen LogP) is 0.529. The van der Waals surface area contributed by atoms with Crippen LogP contribution in [0, 0.1) is 11.6 Å². The quantitative estimate of drug-likeness (QED) is 0.828. The highest BCUT2D eigenvalue weighted by atomic mass is 19.1. The summed E-state index contributed by atoms with van der Waals surface area (Å²) in [6.07, 6.45) is -0.264. The third-order valence-electron chi connectivity index (χ3n) is 3.36. The molecular weight excluding hydrogens is 264 g/mol. The van der Waals surface area contributed by atoms with E-state index in [1.54, 1.807) is 0 Å². The van der Waals surface area contributed by atoms with E-state index in [1.165, 1.54) is 6.07 Å². The molecule has 0 spiro atoms. The van der Waals surface area contributed by atoms with Crippen molar-refractivity contribution in [3.63, 3.8) is 0 Å². The van der Waals surface area contributed by atoms with E-state index >= 15 is 0 Å². The molecule has 2 N–H and O–H groups in total. The van der Waals surface area contributed by atoms with Crippen LogP contribution in [0.15, 0.2) is 18.2 Å². The molecule has 1 fully saturated rings. The molecule has 1 amide bonds. The van der Waals surface area contributed by atoms with Crippen molar-refractivity contribution in [2.24, 2.45) is 0 Å². The van der Waals surface area contributed by atoms with Gasteiger partial charge in [0.2, 0.25) is 5.91 Å². The topological polar surface area (TPSA) is 44.4 Å². The highest BCUT2D eigenvalue weighted by Crippen LogP contribution is 2.12. The van der Waals surface area contributed by atoms with Crippen LogP contribution in [-0.4, -0.2) is 50.1 Å². The van der Waals surface area contributed by atoms with Crippen LogP contribution >= 0.6 is 0 Å². The van der Waals surface area contributed by atoms with Gasteiger partial charge in [0.15, 0.2) is 0 Å². The number of carbonyl (C=O) groups is 1. The molecule has 0 saturated carbocycles. The monoisotopic (exact) mass is 283 g/mol. The van der Waals surface area contributed by atoms with Crippen molar-refractivity contribution in [1.29, 1.82) is 0 Å². The van der Waals surface area contributed by atoms with Gasteiger partial charge in [0.25, 0.3) is 0 Å². The Morgan fingerprint density at radius 3 is 2.55 bits per heavy atom. The first kappa shape index (κ1) is 14.9. The van der Waals surface area contributed by atoms with Gasteiger partial charge in [-0.1, -0.05) is 6.07 Å². The maximum absolute atomic E-state index is 13.4. The molecule has 1 aromatic rings. The summed E-state index contributed by atoms with van der Waals surface area (Å²) in [5.41, 5.74) is -0.174. The van der Waals surface area contributed by atoms with Gasteiger partial charge >= 0.3 is 0 Å². The zero-order valence-corrected chi connectivity index (χ0v) is 11.3. The first-order valence-corrected chi connectivity index (χ1v) is 6.79. The number of piperazine rings is 1. The molecule has 2 rings (SSSR count). The number of nitrogens with zero attached hydrogens (tertiary/aromatic N) is 1. The Morgan fingerprint density at radius 1 is 1.25 bits per heavy atom. The molecule has 110 valence electrons. The Bertz CT molecular complexity index is 441. The normalized spacial score (nSPS) is 16.1. The van der Waals surface area contributed by atoms with Crippen LogP contribution in [0.25, 0.3) is 0 Å². The Balaban J connectivity index is 1.75. The lowest BCUT2D eigenvalue weighted by Crippen LogP contribution is -2.46. The van der Waals surface area contributed by atoms with Gasteiger partial charge in [-0.05, 0) is 12.1 Å². The van der Waals surface area contributed by atoms with Crippen molar-refractivity contribution in [1.82, 2.24) is 15.5 Å². The summed E-state index contributed by atoms with van der Waals surface area (Å²) in [6.45, 7) is 5.07. The molecule has 4 nitrogen and oxygen atoms in total. The zero-order chi connectivity index (χ0) is 14.4. The standard InChI is InChI=1S/C14H19F2N3O/c15-12-2-1-3-13(16)11(12)10-14(20)18-6-9-19-7-4-17-5-8-19/h1-3,17H,4-10H2,(H,18,20). The van der Waals surface area contributed by atoms with Crippen molar-refractivity contribution in [3.05, 3.63) is 35.4 Å². The predicted molar refractivity (Wildman–Crippen MR) is 72.4 cm³/mol. The van der Waals surface area contributed by atoms with Crippen molar-refractivity contribution < 1.29 is 13.6 Å². The third kappa shape index (κ3) is 4.25. The van der Waals surface area contributed by atoms with Gasteiger partial charge < -0.3 is 10.6 Å². The minimum atomic E-state index is -0.678. The Morgan fingerprint density at radius 2 is 1.90 bits per heavy atom. The molecule has 0 atom stereocenters. The first-order valence-electron chi connectivity index (χ1n) is 6.79. The minimum Gasteiger partial charge on any atom is -0.355 e. The molecule has 0 radical (unpaired) electrons. The van der Waals surface area contributed by atoms with E-state index in [0.717, 1.165) is 44.9 Å². The number of benzene rings is 1. The second-order valence-corrected chi connectivity index (χ2v) is 4.82.